The van der Waals surface area contributed by atoms with E-state index in [2.05, 4.69) is 39.0 Å². The van der Waals surface area contributed by atoms with E-state index in [1.807, 2.05) is 0 Å². The summed E-state index contributed by atoms with van der Waals surface area (Å²) in [5.41, 5.74) is 10.8. The Balaban J connectivity index is 2.08. The smallest absolute Gasteiger partial charge is 0.00173 e. The summed E-state index contributed by atoms with van der Waals surface area (Å²) >= 11 is 0. The lowest BCUT2D eigenvalue weighted by molar-refractivity contribution is 0.153. The molecule has 0 spiro atoms. The molecule has 0 bridgehead atoms. The molecule has 0 aromatic heterocycles. The largest absolute Gasteiger partial charge is 0.330 e. The van der Waals surface area contributed by atoms with Gasteiger partial charge in [-0.3, -0.25) is 0 Å². The number of rotatable bonds is 4. The van der Waals surface area contributed by atoms with Crippen LogP contribution in [-0.2, 0) is 6.42 Å². The number of nitrogens with two attached hydrogens (primary N) is 1. The predicted molar refractivity (Wildman–Crippen MR) is 83.4 cm³/mol. The van der Waals surface area contributed by atoms with E-state index in [1.54, 1.807) is 0 Å². The van der Waals surface area contributed by atoms with Crippen LogP contribution < -0.4 is 5.73 Å². The molecule has 0 aliphatic heterocycles. The molecule has 1 fully saturated rings. The second-order valence-corrected chi connectivity index (χ2v) is 6.65. The minimum absolute atomic E-state index is 0.368. The third-order valence-corrected chi connectivity index (χ3v) is 5.33. The molecule has 0 amide bonds. The normalized spacial score (nSPS) is 27.5. The first-order chi connectivity index (χ1) is 9.08. The van der Waals surface area contributed by atoms with Crippen molar-refractivity contribution < 1.29 is 0 Å². The van der Waals surface area contributed by atoms with Gasteiger partial charge >= 0.3 is 0 Å². The molecular formula is C18H29N. The average molecular weight is 259 g/mol. The van der Waals surface area contributed by atoms with E-state index >= 15 is 0 Å². The van der Waals surface area contributed by atoms with E-state index in [-0.39, 0.29) is 0 Å². The Morgan fingerprint density at radius 1 is 1.16 bits per heavy atom. The number of benzene rings is 1. The summed E-state index contributed by atoms with van der Waals surface area (Å²) in [5, 5.41) is 0. The molecule has 1 heteroatoms. The lowest BCUT2D eigenvalue weighted by Crippen LogP contribution is -2.36. The van der Waals surface area contributed by atoms with Gasteiger partial charge in [0.2, 0.25) is 0 Å². The van der Waals surface area contributed by atoms with Gasteiger partial charge in [-0.15, -0.1) is 0 Å². The van der Waals surface area contributed by atoms with E-state index in [0.717, 1.165) is 12.5 Å². The van der Waals surface area contributed by atoms with Crippen molar-refractivity contribution in [2.45, 2.75) is 59.3 Å². The van der Waals surface area contributed by atoms with Crippen LogP contribution >= 0.6 is 0 Å². The minimum Gasteiger partial charge on any atom is -0.330 e. The lowest BCUT2D eigenvalue weighted by Gasteiger charge is -2.39. The van der Waals surface area contributed by atoms with Gasteiger partial charge in [0.05, 0.1) is 0 Å². The quantitative estimate of drug-likeness (QED) is 0.852. The first-order valence-electron chi connectivity index (χ1n) is 7.85. The minimum atomic E-state index is 0.368. The van der Waals surface area contributed by atoms with E-state index in [1.165, 1.54) is 55.2 Å². The van der Waals surface area contributed by atoms with Crippen LogP contribution in [-0.4, -0.2) is 6.54 Å². The Morgan fingerprint density at radius 3 is 2.37 bits per heavy atom. The molecule has 106 valence electrons. The maximum absolute atomic E-state index is 6.14. The fourth-order valence-corrected chi connectivity index (χ4v) is 3.50. The fourth-order valence-electron chi connectivity index (χ4n) is 3.50. The Bertz CT molecular complexity index is 414. The van der Waals surface area contributed by atoms with Gasteiger partial charge in [0.15, 0.2) is 0 Å². The van der Waals surface area contributed by atoms with Crippen LogP contribution in [0.3, 0.4) is 0 Å². The zero-order valence-corrected chi connectivity index (χ0v) is 12.8. The highest BCUT2D eigenvalue weighted by Gasteiger charge is 2.33. The van der Waals surface area contributed by atoms with Gasteiger partial charge in [-0.05, 0) is 80.5 Å². The molecule has 0 atom stereocenters. The summed E-state index contributed by atoms with van der Waals surface area (Å²) in [7, 11) is 0. The average Bonchev–Trinajstić information content (AvgIpc) is 2.44. The van der Waals surface area contributed by atoms with E-state index in [0.29, 0.717) is 5.41 Å². The molecule has 2 rings (SSSR count). The number of hydrogen-bond acceptors (Lipinski definition) is 1. The summed E-state index contributed by atoms with van der Waals surface area (Å²) in [6, 6.07) is 6.91. The van der Waals surface area contributed by atoms with Crippen LogP contribution in [0.2, 0.25) is 0 Å². The van der Waals surface area contributed by atoms with Crippen molar-refractivity contribution in [3.05, 3.63) is 34.9 Å². The zero-order chi connectivity index (χ0) is 13.9. The highest BCUT2D eigenvalue weighted by Crippen LogP contribution is 2.41. The SMILES string of the molecule is CCC1CCC(CN)(Cc2ccc(C)c(C)c2)CC1. The highest BCUT2D eigenvalue weighted by atomic mass is 14.6. The van der Waals surface area contributed by atoms with Gasteiger partial charge in [-0.25, -0.2) is 0 Å². The molecule has 19 heavy (non-hydrogen) atoms. The molecule has 0 unspecified atom stereocenters. The maximum atomic E-state index is 6.14. The topological polar surface area (TPSA) is 26.0 Å². The van der Waals surface area contributed by atoms with Crippen molar-refractivity contribution in [3.63, 3.8) is 0 Å². The summed E-state index contributed by atoms with van der Waals surface area (Å²) in [4.78, 5) is 0. The molecule has 1 saturated carbocycles. The van der Waals surface area contributed by atoms with Gasteiger partial charge in [0.25, 0.3) is 0 Å². The second-order valence-electron chi connectivity index (χ2n) is 6.65. The second kappa shape index (κ2) is 6.09. The first kappa shape index (κ1) is 14.6. The van der Waals surface area contributed by atoms with Crippen molar-refractivity contribution >= 4 is 0 Å². The van der Waals surface area contributed by atoms with Crippen molar-refractivity contribution in [1.82, 2.24) is 0 Å². The van der Waals surface area contributed by atoms with E-state index < -0.39 is 0 Å². The first-order valence-corrected chi connectivity index (χ1v) is 7.85. The summed E-state index contributed by atoms with van der Waals surface area (Å²) < 4.78 is 0. The van der Waals surface area contributed by atoms with Crippen molar-refractivity contribution in [3.8, 4) is 0 Å². The highest BCUT2D eigenvalue weighted by molar-refractivity contribution is 5.30. The van der Waals surface area contributed by atoms with Gasteiger partial charge < -0.3 is 5.73 Å². The summed E-state index contributed by atoms with van der Waals surface area (Å²) in [6.45, 7) is 7.56. The van der Waals surface area contributed by atoms with Gasteiger partial charge in [0.1, 0.15) is 0 Å². The fraction of sp³-hybridized carbons (Fsp3) is 0.667. The van der Waals surface area contributed by atoms with E-state index in [9.17, 15) is 0 Å². The zero-order valence-electron chi connectivity index (χ0n) is 12.8. The van der Waals surface area contributed by atoms with Crippen LogP contribution in [0.25, 0.3) is 0 Å². The Kier molecular flexibility index (Phi) is 4.67. The summed E-state index contributed by atoms with van der Waals surface area (Å²) in [5.74, 6) is 0.944. The van der Waals surface area contributed by atoms with Crippen molar-refractivity contribution in [2.75, 3.05) is 6.54 Å². The molecule has 0 saturated heterocycles. The molecule has 1 nitrogen and oxygen atoms in total. The third-order valence-electron chi connectivity index (χ3n) is 5.33. The Morgan fingerprint density at radius 2 is 1.84 bits per heavy atom. The standard InChI is InChI=1S/C18H29N/c1-4-16-7-9-18(13-19,10-8-16)12-17-6-5-14(2)15(3)11-17/h5-6,11,16H,4,7-10,12-13,19H2,1-3H3. The van der Waals surface area contributed by atoms with Crippen LogP contribution in [0.4, 0.5) is 0 Å². The molecule has 0 heterocycles. The van der Waals surface area contributed by atoms with Crippen LogP contribution in [0.5, 0.6) is 0 Å². The number of aryl methyl sites for hydroxylation is 2. The summed E-state index contributed by atoms with van der Waals surface area (Å²) in [6.07, 6.45) is 7.88. The van der Waals surface area contributed by atoms with Crippen LogP contribution in [0, 0.1) is 25.2 Å². The molecule has 1 aromatic carbocycles. The molecule has 1 aromatic rings. The van der Waals surface area contributed by atoms with Crippen molar-refractivity contribution in [1.29, 1.82) is 0 Å². The number of hydrogen-bond donors (Lipinski definition) is 1. The Labute approximate surface area is 118 Å². The third kappa shape index (κ3) is 3.39. The van der Waals surface area contributed by atoms with Gasteiger partial charge in [-0.1, -0.05) is 31.5 Å². The van der Waals surface area contributed by atoms with Gasteiger partial charge in [-0.2, -0.15) is 0 Å². The van der Waals surface area contributed by atoms with Crippen LogP contribution in [0.1, 0.15) is 55.7 Å². The molecule has 1 aliphatic carbocycles. The van der Waals surface area contributed by atoms with Crippen molar-refractivity contribution in [2.24, 2.45) is 17.1 Å². The van der Waals surface area contributed by atoms with Crippen LogP contribution in [0.15, 0.2) is 18.2 Å². The molecule has 1 aliphatic rings. The monoisotopic (exact) mass is 259 g/mol. The van der Waals surface area contributed by atoms with Gasteiger partial charge in [0, 0.05) is 0 Å². The van der Waals surface area contributed by atoms with E-state index in [4.69, 9.17) is 5.73 Å². The maximum Gasteiger partial charge on any atom is -0.00173 e. The molecule has 2 N–H and O–H groups in total. The lowest BCUT2D eigenvalue weighted by atomic mass is 9.67. The predicted octanol–water partition coefficient (Wildman–Crippen LogP) is 4.39. The Hall–Kier alpha value is -0.820. The molecule has 0 radical (unpaired) electrons. The molecular weight excluding hydrogens is 230 g/mol.